The Kier molecular flexibility index (Phi) is 21.1. The summed E-state index contributed by atoms with van der Waals surface area (Å²) < 4.78 is 51.8. The number of benzene rings is 6. The molecule has 0 unspecified atom stereocenters. The Hall–Kier alpha value is -7.26. The molecule has 17 nitrogen and oxygen atoms in total. The molecule has 2 heterocycles. The van der Waals surface area contributed by atoms with E-state index in [1.54, 1.807) is 32.9 Å². The Balaban J connectivity index is 0.000000180. The summed E-state index contributed by atoms with van der Waals surface area (Å²) in [6.07, 6.45) is 5.18. The van der Waals surface area contributed by atoms with Crippen molar-refractivity contribution < 1.29 is 41.1 Å². The second-order valence-corrected chi connectivity index (χ2v) is 26.1. The van der Waals surface area contributed by atoms with Crippen molar-refractivity contribution in [2.24, 2.45) is 11.8 Å². The van der Waals surface area contributed by atoms with Crippen LogP contribution in [0.3, 0.4) is 0 Å². The Morgan fingerprint density at radius 1 is 0.494 bits per heavy atom. The van der Waals surface area contributed by atoms with Gasteiger partial charge in [0.25, 0.3) is 5.91 Å². The number of nitrogen functional groups attached to an aromatic ring is 1. The molecule has 0 spiro atoms. The van der Waals surface area contributed by atoms with Gasteiger partial charge in [-0.15, -0.1) is 0 Å². The molecular weight excluding hydrogens is 1090 g/mol. The number of nitrogens with one attached hydrogen (secondary N) is 3. The molecule has 2 aliphatic heterocycles. The molecule has 2 saturated heterocycles. The number of nitrogens with zero attached hydrogens (tertiary/aromatic N) is 4. The highest BCUT2D eigenvalue weighted by Crippen LogP contribution is 2.34. The van der Waals surface area contributed by atoms with E-state index in [1.165, 1.54) is 5.56 Å². The average Bonchev–Trinajstić information content (AvgIpc) is 4.46. The summed E-state index contributed by atoms with van der Waals surface area (Å²) in [6.45, 7) is 14.6. The standard InChI is InChI=1S/C32H38N4O4S.C18H17NO3.C14H23N3O2S/c1-3-20-41(39,40)36-18-16-35(17-19-36)22-24-5-14-28(15-6-24)33-31(37)26-9-7-25(8-10-26)30-21-29(13-4-23(30)2)34-32(38)27-11-12-27;1-11-2-9-15(19-17(20)13-5-6-13)10-16(11)12-3-7-14(8-4-12)18(21)22;1-2-11-20(18,19)17-9-7-16(8-10-17)12-13-3-5-14(15)6-4-13/h4-10,13-15,21,27H,3,11-12,16-20,22H2,1-2H3,(H,33,37)(H,34,38);2-4,7-10,13H,5-6H2,1H3,(H,19,20)(H,21,22);3-6H,2,7-12,15H2,1H3. The Morgan fingerprint density at radius 3 is 1.24 bits per heavy atom. The van der Waals surface area contributed by atoms with Crippen LogP contribution in [0.1, 0.15) is 95.3 Å². The number of aryl methyl sites for hydroxylation is 2. The van der Waals surface area contributed by atoms with E-state index in [0.29, 0.717) is 63.4 Å². The summed E-state index contributed by atoms with van der Waals surface area (Å²) in [5.74, 6) is -0.184. The second kappa shape index (κ2) is 28.3. The van der Waals surface area contributed by atoms with E-state index < -0.39 is 26.0 Å². The molecule has 6 aromatic carbocycles. The van der Waals surface area contributed by atoms with Gasteiger partial charge in [0, 0.05) is 106 Å². The van der Waals surface area contributed by atoms with Crippen LogP contribution in [0.2, 0.25) is 0 Å². The number of anilines is 4. The van der Waals surface area contributed by atoms with Crippen LogP contribution in [0.4, 0.5) is 22.7 Å². The predicted octanol–water partition coefficient (Wildman–Crippen LogP) is 9.96. The molecule has 3 amide bonds. The van der Waals surface area contributed by atoms with E-state index in [2.05, 4.69) is 25.8 Å². The van der Waals surface area contributed by atoms with Crippen molar-refractivity contribution >= 4 is 66.5 Å². The van der Waals surface area contributed by atoms with Gasteiger partial charge in [-0.25, -0.2) is 21.6 Å². The number of amides is 3. The van der Waals surface area contributed by atoms with E-state index in [0.717, 1.165) is 108 Å². The van der Waals surface area contributed by atoms with Crippen LogP contribution >= 0.6 is 0 Å². The highest BCUT2D eigenvalue weighted by Gasteiger charge is 2.31. The lowest BCUT2D eigenvalue weighted by Crippen LogP contribution is -2.48. The molecule has 440 valence electrons. The van der Waals surface area contributed by atoms with Crippen molar-refractivity contribution in [2.45, 2.75) is 79.3 Å². The number of sulfonamides is 2. The fourth-order valence-corrected chi connectivity index (χ4v) is 12.9. The number of hydrogen-bond acceptors (Lipinski definition) is 11. The molecule has 6 N–H and O–H groups in total. The molecule has 0 radical (unpaired) electrons. The first kappa shape index (κ1) is 61.8. The van der Waals surface area contributed by atoms with Crippen molar-refractivity contribution in [3.63, 3.8) is 0 Å². The lowest BCUT2D eigenvalue weighted by molar-refractivity contribution is -0.118. The molecule has 19 heteroatoms. The first-order chi connectivity index (χ1) is 39.8. The summed E-state index contributed by atoms with van der Waals surface area (Å²) in [4.78, 5) is 52.4. The molecule has 0 bridgehead atoms. The van der Waals surface area contributed by atoms with Crippen molar-refractivity contribution in [1.82, 2.24) is 18.4 Å². The summed E-state index contributed by atoms with van der Waals surface area (Å²) in [7, 11) is -6.19. The molecule has 0 atom stereocenters. The van der Waals surface area contributed by atoms with Crippen LogP contribution in [0.25, 0.3) is 22.3 Å². The minimum atomic E-state index is -3.14. The zero-order chi connectivity index (χ0) is 59.3. The predicted molar refractivity (Wildman–Crippen MR) is 330 cm³/mol. The van der Waals surface area contributed by atoms with Gasteiger partial charge >= 0.3 is 5.97 Å². The molecule has 2 saturated carbocycles. The Bertz CT molecular complexity index is 3430. The van der Waals surface area contributed by atoms with Crippen LogP contribution in [0.5, 0.6) is 0 Å². The van der Waals surface area contributed by atoms with Gasteiger partial charge in [0.05, 0.1) is 17.1 Å². The maximum absolute atomic E-state index is 12.9. The third-order valence-corrected chi connectivity index (χ3v) is 19.3. The van der Waals surface area contributed by atoms with Crippen molar-refractivity contribution in [3.8, 4) is 22.3 Å². The van der Waals surface area contributed by atoms with E-state index >= 15 is 0 Å². The van der Waals surface area contributed by atoms with E-state index in [-0.39, 0.29) is 46.6 Å². The van der Waals surface area contributed by atoms with E-state index in [4.69, 9.17) is 10.8 Å². The monoisotopic (exact) mass is 1170 g/mol. The fraction of sp³-hybridized carbons (Fsp3) is 0.375. The van der Waals surface area contributed by atoms with Gasteiger partial charge in [-0.05, 0) is 170 Å². The number of carboxylic acid groups (broad SMARTS) is 1. The molecule has 6 aromatic rings. The summed E-state index contributed by atoms with van der Waals surface area (Å²) >= 11 is 0. The maximum atomic E-state index is 12.9. The third kappa shape index (κ3) is 17.9. The largest absolute Gasteiger partial charge is 0.478 e. The topological polar surface area (TPSA) is 232 Å². The third-order valence-electron chi connectivity index (χ3n) is 15.2. The number of piperazine rings is 2. The first-order valence-corrected chi connectivity index (χ1v) is 31.9. The van der Waals surface area contributed by atoms with Gasteiger partial charge in [0.1, 0.15) is 0 Å². The molecular formula is C64H78N8O9S2. The average molecular weight is 1170 g/mol. The summed E-state index contributed by atoms with van der Waals surface area (Å²) in [6, 6.07) is 41.6. The molecule has 0 aromatic heterocycles. The zero-order valence-corrected chi connectivity index (χ0v) is 49.6. The SMILES string of the molecule is CCCS(=O)(=O)N1CCN(Cc2ccc(N)cc2)CC1.CCCS(=O)(=O)N1CCN(Cc2ccc(NC(=O)c3ccc(-c4cc(NC(=O)C5CC5)ccc4C)cc3)cc2)CC1.Cc1ccc(NC(=O)C2CC2)cc1-c1ccc(C(=O)O)cc1. The van der Waals surface area contributed by atoms with Crippen LogP contribution < -0.4 is 21.7 Å². The van der Waals surface area contributed by atoms with Crippen LogP contribution in [0.15, 0.2) is 133 Å². The number of nitrogens with two attached hydrogens (primary N) is 1. The number of aromatic carboxylic acids is 1. The number of hydrogen-bond donors (Lipinski definition) is 5. The van der Waals surface area contributed by atoms with Gasteiger partial charge < -0.3 is 26.8 Å². The van der Waals surface area contributed by atoms with Gasteiger partial charge in [0.2, 0.25) is 31.9 Å². The number of rotatable bonds is 19. The smallest absolute Gasteiger partial charge is 0.335 e. The lowest BCUT2D eigenvalue weighted by Gasteiger charge is -2.34. The molecule has 4 aliphatic rings. The van der Waals surface area contributed by atoms with Gasteiger partial charge in [-0.2, -0.15) is 8.61 Å². The van der Waals surface area contributed by atoms with Crippen LogP contribution in [0, 0.1) is 25.7 Å². The first-order valence-electron chi connectivity index (χ1n) is 28.7. The fourth-order valence-electron chi connectivity index (χ4n) is 9.94. The van der Waals surface area contributed by atoms with Gasteiger partial charge in [-0.3, -0.25) is 24.2 Å². The molecule has 4 fully saturated rings. The highest BCUT2D eigenvalue weighted by molar-refractivity contribution is 7.89. The van der Waals surface area contributed by atoms with Crippen molar-refractivity contribution in [3.05, 3.63) is 167 Å². The maximum Gasteiger partial charge on any atom is 0.335 e. The van der Waals surface area contributed by atoms with Crippen LogP contribution in [-0.4, -0.2) is 128 Å². The van der Waals surface area contributed by atoms with E-state index in [1.807, 2.05) is 137 Å². The van der Waals surface area contributed by atoms with Crippen molar-refractivity contribution in [1.29, 1.82) is 0 Å². The zero-order valence-electron chi connectivity index (χ0n) is 48.0. The summed E-state index contributed by atoms with van der Waals surface area (Å²) in [5.41, 5.74) is 18.0. The second-order valence-electron chi connectivity index (χ2n) is 21.9. The normalized spacial score (nSPS) is 16.1. The molecule has 10 rings (SSSR count). The Labute approximate surface area is 489 Å². The number of carbonyl (C=O) groups excluding carboxylic acids is 3. The van der Waals surface area contributed by atoms with Crippen LogP contribution in [-0.2, 0) is 42.7 Å². The molecule has 83 heavy (non-hydrogen) atoms. The Morgan fingerprint density at radius 2 is 0.867 bits per heavy atom. The minimum absolute atomic E-state index is 0.0797. The van der Waals surface area contributed by atoms with Gasteiger partial charge in [-0.1, -0.05) is 74.5 Å². The quantitative estimate of drug-likeness (QED) is 0.0477. The van der Waals surface area contributed by atoms with E-state index in [9.17, 15) is 36.0 Å². The lowest BCUT2D eigenvalue weighted by atomic mass is 9.98. The van der Waals surface area contributed by atoms with Crippen molar-refractivity contribution in [2.75, 3.05) is 85.5 Å². The molecule has 2 aliphatic carbocycles. The minimum Gasteiger partial charge on any atom is -0.478 e. The summed E-state index contributed by atoms with van der Waals surface area (Å²) in [5, 5.41) is 17.9. The van der Waals surface area contributed by atoms with Gasteiger partial charge in [0.15, 0.2) is 0 Å². The number of carbonyl (C=O) groups is 4. The highest BCUT2D eigenvalue weighted by atomic mass is 32.2. The number of carboxylic acids is 1.